The quantitative estimate of drug-likeness (QED) is 0.284. The fraction of sp³-hybridized carbons (Fsp3) is 0.185. The van der Waals surface area contributed by atoms with E-state index in [4.69, 9.17) is 17.3 Å². The second-order valence-electron chi connectivity index (χ2n) is 8.08. The number of thioether (sulfide) groups is 1. The average molecular weight is 484 g/mol. The highest BCUT2D eigenvalue weighted by Gasteiger charge is 2.32. The maximum Gasteiger partial charge on any atom is 0.190 e. The SMILES string of the molecule is CSc1ccccc1C1=NN(C(=S)NCCc2ccccc2)[C@H](c2ccc3nccnc3c2)C1. The molecule has 0 saturated heterocycles. The molecule has 1 aliphatic heterocycles. The maximum atomic E-state index is 5.84. The van der Waals surface area contributed by atoms with Crippen molar-refractivity contribution in [2.45, 2.75) is 23.8 Å². The molecule has 0 radical (unpaired) electrons. The van der Waals surface area contributed by atoms with Gasteiger partial charge in [-0.2, -0.15) is 5.10 Å². The van der Waals surface area contributed by atoms with Gasteiger partial charge < -0.3 is 5.32 Å². The number of thiocarbonyl (C=S) groups is 1. The lowest BCUT2D eigenvalue weighted by Crippen LogP contribution is -2.37. The van der Waals surface area contributed by atoms with Crippen molar-refractivity contribution in [1.29, 1.82) is 0 Å². The largest absolute Gasteiger partial charge is 0.361 e. The van der Waals surface area contributed by atoms with Crippen molar-refractivity contribution in [2.75, 3.05) is 12.8 Å². The van der Waals surface area contributed by atoms with Crippen molar-refractivity contribution in [3.63, 3.8) is 0 Å². The number of hydrogen-bond acceptors (Lipinski definition) is 5. The Kier molecular flexibility index (Phi) is 6.83. The van der Waals surface area contributed by atoms with Crippen LogP contribution in [0.1, 0.15) is 29.2 Å². The van der Waals surface area contributed by atoms with E-state index >= 15 is 0 Å². The molecule has 0 spiro atoms. The Morgan fingerprint density at radius 1 is 1.00 bits per heavy atom. The van der Waals surface area contributed by atoms with Crippen molar-refractivity contribution < 1.29 is 0 Å². The molecular weight excluding hydrogens is 458 g/mol. The third kappa shape index (κ3) is 4.81. The zero-order chi connectivity index (χ0) is 23.3. The second kappa shape index (κ2) is 10.3. The summed E-state index contributed by atoms with van der Waals surface area (Å²) in [6.07, 6.45) is 7.21. The molecule has 0 bridgehead atoms. The first kappa shape index (κ1) is 22.5. The van der Waals surface area contributed by atoms with Gasteiger partial charge in [-0.3, -0.25) is 9.97 Å². The zero-order valence-corrected chi connectivity index (χ0v) is 20.5. The van der Waals surface area contributed by atoms with Gasteiger partial charge >= 0.3 is 0 Å². The Hall–Kier alpha value is -3.29. The number of hydrogen-bond donors (Lipinski definition) is 1. The highest BCUT2D eigenvalue weighted by Crippen LogP contribution is 2.35. The molecule has 1 N–H and O–H groups in total. The van der Waals surface area contributed by atoms with Gasteiger partial charge in [-0.25, -0.2) is 5.01 Å². The fourth-order valence-electron chi connectivity index (χ4n) is 4.23. The molecule has 3 aromatic carbocycles. The van der Waals surface area contributed by atoms with E-state index in [2.05, 4.69) is 82.2 Å². The summed E-state index contributed by atoms with van der Waals surface area (Å²) >= 11 is 7.58. The van der Waals surface area contributed by atoms with Gasteiger partial charge in [0.1, 0.15) is 0 Å². The minimum absolute atomic E-state index is 0.00644. The molecule has 0 amide bonds. The third-order valence-electron chi connectivity index (χ3n) is 5.95. The highest BCUT2D eigenvalue weighted by atomic mass is 32.2. The molecule has 34 heavy (non-hydrogen) atoms. The van der Waals surface area contributed by atoms with Crippen molar-refractivity contribution in [3.05, 3.63) is 102 Å². The fourth-order valence-corrected chi connectivity index (χ4v) is 5.12. The molecule has 5 nitrogen and oxygen atoms in total. The van der Waals surface area contributed by atoms with E-state index in [1.807, 2.05) is 17.1 Å². The molecule has 0 fully saturated rings. The summed E-state index contributed by atoms with van der Waals surface area (Å²) in [5, 5.41) is 11.1. The molecule has 2 heterocycles. The van der Waals surface area contributed by atoms with Crippen LogP contribution in [0, 0.1) is 0 Å². The van der Waals surface area contributed by atoms with Crippen LogP contribution in [0.5, 0.6) is 0 Å². The summed E-state index contributed by atoms with van der Waals surface area (Å²) in [7, 11) is 0. The zero-order valence-electron chi connectivity index (χ0n) is 18.9. The predicted octanol–water partition coefficient (Wildman–Crippen LogP) is 5.62. The number of hydrazone groups is 1. The van der Waals surface area contributed by atoms with Crippen molar-refractivity contribution in [3.8, 4) is 0 Å². The number of nitrogens with zero attached hydrogens (tertiary/aromatic N) is 4. The van der Waals surface area contributed by atoms with E-state index < -0.39 is 0 Å². The van der Waals surface area contributed by atoms with E-state index in [9.17, 15) is 0 Å². The van der Waals surface area contributed by atoms with Gasteiger partial charge in [-0.15, -0.1) is 11.8 Å². The minimum atomic E-state index is -0.00644. The summed E-state index contributed by atoms with van der Waals surface area (Å²) in [6.45, 7) is 0.752. The van der Waals surface area contributed by atoms with Crippen molar-refractivity contribution >= 4 is 45.8 Å². The van der Waals surface area contributed by atoms with Crippen LogP contribution in [-0.4, -0.2) is 38.6 Å². The van der Waals surface area contributed by atoms with Crippen LogP contribution in [0.25, 0.3) is 11.0 Å². The van der Waals surface area contributed by atoms with Gasteiger partial charge in [0, 0.05) is 35.8 Å². The Morgan fingerprint density at radius 2 is 1.76 bits per heavy atom. The van der Waals surface area contributed by atoms with E-state index in [0.717, 1.165) is 47.3 Å². The normalized spacial score (nSPS) is 15.4. The predicted molar refractivity (Wildman–Crippen MR) is 144 cm³/mol. The third-order valence-corrected chi connectivity index (χ3v) is 7.07. The first-order valence-electron chi connectivity index (χ1n) is 11.3. The Bertz CT molecular complexity index is 1340. The molecule has 4 aromatic rings. The Labute approximate surface area is 209 Å². The monoisotopic (exact) mass is 483 g/mol. The average Bonchev–Trinajstić information content (AvgIpc) is 3.34. The molecule has 7 heteroatoms. The van der Waals surface area contributed by atoms with E-state index in [0.29, 0.717) is 5.11 Å². The summed E-state index contributed by atoms with van der Waals surface area (Å²) in [5.74, 6) is 0. The van der Waals surface area contributed by atoms with Crippen LogP contribution < -0.4 is 5.32 Å². The number of rotatable bonds is 6. The number of aromatic nitrogens is 2. The van der Waals surface area contributed by atoms with Gasteiger partial charge in [0.05, 0.1) is 22.8 Å². The standard InChI is InChI=1S/C27H25N5S2/c1-34-26-10-6-5-9-21(26)23-18-25(20-11-12-22-24(17-20)29-16-15-28-22)32(31-23)27(33)30-14-13-19-7-3-2-4-8-19/h2-12,15-17,25H,13-14,18H2,1H3,(H,30,33)/t25-/m0/s1. The summed E-state index contributed by atoms with van der Waals surface area (Å²) in [6, 6.07) is 25.1. The van der Waals surface area contributed by atoms with E-state index in [-0.39, 0.29) is 6.04 Å². The van der Waals surface area contributed by atoms with Gasteiger partial charge in [0.15, 0.2) is 5.11 Å². The van der Waals surface area contributed by atoms with Crippen LogP contribution in [0.3, 0.4) is 0 Å². The molecule has 0 aliphatic carbocycles. The second-order valence-corrected chi connectivity index (χ2v) is 9.32. The lowest BCUT2D eigenvalue weighted by molar-refractivity contribution is 0.364. The summed E-state index contributed by atoms with van der Waals surface area (Å²) in [4.78, 5) is 10.1. The van der Waals surface area contributed by atoms with Crippen LogP contribution >= 0.6 is 24.0 Å². The van der Waals surface area contributed by atoms with Gasteiger partial charge in [-0.1, -0.05) is 54.6 Å². The molecule has 5 rings (SSSR count). The molecule has 0 unspecified atom stereocenters. The van der Waals surface area contributed by atoms with Crippen molar-refractivity contribution in [1.82, 2.24) is 20.3 Å². The van der Waals surface area contributed by atoms with E-state index in [1.54, 1.807) is 24.2 Å². The van der Waals surface area contributed by atoms with Gasteiger partial charge in [-0.05, 0) is 54.2 Å². The molecular formula is C27H25N5S2. The van der Waals surface area contributed by atoms with Gasteiger partial charge in [0.25, 0.3) is 0 Å². The maximum absolute atomic E-state index is 5.84. The van der Waals surface area contributed by atoms with E-state index in [1.165, 1.54) is 10.5 Å². The number of nitrogens with one attached hydrogen (secondary N) is 1. The molecule has 1 aliphatic rings. The Morgan fingerprint density at radius 3 is 2.59 bits per heavy atom. The Balaban J connectivity index is 1.43. The first-order valence-corrected chi connectivity index (χ1v) is 12.9. The lowest BCUT2D eigenvalue weighted by Gasteiger charge is -2.25. The molecule has 170 valence electrons. The number of fused-ring (bicyclic) bond motifs is 1. The van der Waals surface area contributed by atoms with Gasteiger partial charge in [0.2, 0.25) is 0 Å². The van der Waals surface area contributed by atoms with Crippen molar-refractivity contribution in [2.24, 2.45) is 5.10 Å². The van der Waals surface area contributed by atoms with Crippen LogP contribution in [-0.2, 0) is 6.42 Å². The molecule has 1 aromatic heterocycles. The molecule has 0 saturated carbocycles. The lowest BCUT2D eigenvalue weighted by atomic mass is 9.98. The van der Waals surface area contributed by atoms with Crippen LogP contribution in [0.15, 0.2) is 95.2 Å². The van der Waals surface area contributed by atoms with Crippen LogP contribution in [0.2, 0.25) is 0 Å². The summed E-state index contributed by atoms with van der Waals surface area (Å²) < 4.78 is 0. The molecule has 1 atom stereocenters. The highest BCUT2D eigenvalue weighted by molar-refractivity contribution is 7.98. The topological polar surface area (TPSA) is 53.4 Å². The smallest absolute Gasteiger partial charge is 0.190 e. The first-order chi connectivity index (χ1) is 16.7. The number of benzene rings is 3. The summed E-state index contributed by atoms with van der Waals surface area (Å²) in [5.41, 5.74) is 6.37. The minimum Gasteiger partial charge on any atom is -0.361 e. The van der Waals surface area contributed by atoms with Crippen LogP contribution in [0.4, 0.5) is 0 Å².